The molecule has 3 rings (SSSR count). The van der Waals surface area contributed by atoms with Crippen LogP contribution in [0.25, 0.3) is 0 Å². The molecule has 37 heavy (non-hydrogen) atoms. The average molecular weight is 517 g/mol. The number of aliphatic imine (C=N–C) groups is 1. The highest BCUT2D eigenvalue weighted by molar-refractivity contribution is 5.95. The SMILES string of the molecule is COc1cc(CNC(=O)C(CC2CCCCC2)NC(N)=NC(=O)Cc2ccc(F)c(OC)c2)ccc1F. The molecule has 0 bridgehead atoms. The van der Waals surface area contributed by atoms with Crippen LogP contribution in [-0.4, -0.2) is 38.0 Å². The summed E-state index contributed by atoms with van der Waals surface area (Å²) in [5, 5.41) is 5.76. The average Bonchev–Trinajstić information content (AvgIpc) is 2.89. The van der Waals surface area contributed by atoms with Crippen LogP contribution in [0.4, 0.5) is 8.78 Å². The van der Waals surface area contributed by atoms with Crippen LogP contribution >= 0.6 is 0 Å². The van der Waals surface area contributed by atoms with Gasteiger partial charge in [0.25, 0.3) is 5.91 Å². The third kappa shape index (κ3) is 8.44. The smallest absolute Gasteiger partial charge is 0.253 e. The predicted octanol–water partition coefficient (Wildman–Crippen LogP) is 3.61. The van der Waals surface area contributed by atoms with Crippen molar-refractivity contribution in [3.63, 3.8) is 0 Å². The molecule has 0 aliphatic heterocycles. The van der Waals surface area contributed by atoms with E-state index in [0.717, 1.165) is 25.7 Å². The van der Waals surface area contributed by atoms with Crippen molar-refractivity contribution in [2.75, 3.05) is 14.2 Å². The zero-order chi connectivity index (χ0) is 26.8. The van der Waals surface area contributed by atoms with Gasteiger partial charge in [-0.25, -0.2) is 8.78 Å². The minimum absolute atomic E-state index is 0.0309. The van der Waals surface area contributed by atoms with E-state index in [9.17, 15) is 18.4 Å². The normalized spacial score (nSPS) is 15.1. The van der Waals surface area contributed by atoms with E-state index >= 15 is 0 Å². The minimum Gasteiger partial charge on any atom is -0.494 e. The number of nitrogens with zero attached hydrogens (tertiary/aromatic N) is 1. The van der Waals surface area contributed by atoms with Crippen molar-refractivity contribution in [2.45, 2.75) is 57.5 Å². The largest absolute Gasteiger partial charge is 0.494 e. The first kappa shape index (κ1) is 27.9. The van der Waals surface area contributed by atoms with E-state index in [4.69, 9.17) is 15.2 Å². The van der Waals surface area contributed by atoms with Gasteiger partial charge in [-0.2, -0.15) is 4.99 Å². The lowest BCUT2D eigenvalue weighted by atomic mass is 9.84. The van der Waals surface area contributed by atoms with Crippen LogP contribution in [0.1, 0.15) is 49.7 Å². The second-order valence-corrected chi connectivity index (χ2v) is 9.16. The van der Waals surface area contributed by atoms with Crippen LogP contribution in [-0.2, 0) is 22.6 Å². The molecule has 0 radical (unpaired) electrons. The number of hydrogen-bond acceptors (Lipinski definition) is 4. The van der Waals surface area contributed by atoms with Gasteiger partial charge in [-0.1, -0.05) is 44.2 Å². The Labute approximate surface area is 215 Å². The van der Waals surface area contributed by atoms with Gasteiger partial charge in [-0.05, 0) is 47.7 Å². The highest BCUT2D eigenvalue weighted by Crippen LogP contribution is 2.27. The maximum absolute atomic E-state index is 13.7. The molecule has 1 unspecified atom stereocenters. The molecule has 200 valence electrons. The van der Waals surface area contributed by atoms with E-state index in [1.165, 1.54) is 51.0 Å². The van der Waals surface area contributed by atoms with Crippen LogP contribution in [0.3, 0.4) is 0 Å². The van der Waals surface area contributed by atoms with E-state index in [2.05, 4.69) is 15.6 Å². The monoisotopic (exact) mass is 516 g/mol. The Morgan fingerprint density at radius 2 is 1.59 bits per heavy atom. The number of halogens is 2. The zero-order valence-electron chi connectivity index (χ0n) is 21.2. The van der Waals surface area contributed by atoms with Crippen molar-refractivity contribution in [3.05, 3.63) is 59.2 Å². The first-order chi connectivity index (χ1) is 17.8. The van der Waals surface area contributed by atoms with Crippen molar-refractivity contribution in [1.29, 1.82) is 0 Å². The van der Waals surface area contributed by atoms with E-state index in [1.807, 2.05) is 0 Å². The number of benzene rings is 2. The third-order valence-electron chi connectivity index (χ3n) is 6.43. The van der Waals surface area contributed by atoms with Crippen molar-refractivity contribution in [2.24, 2.45) is 16.6 Å². The fourth-order valence-electron chi connectivity index (χ4n) is 4.49. The summed E-state index contributed by atoms with van der Waals surface area (Å²) in [6.45, 7) is 0.167. The minimum atomic E-state index is -0.701. The highest BCUT2D eigenvalue weighted by atomic mass is 19.1. The molecule has 1 saturated carbocycles. The molecule has 4 N–H and O–H groups in total. The molecular weight excluding hydrogens is 482 g/mol. The van der Waals surface area contributed by atoms with Crippen molar-refractivity contribution < 1.29 is 27.8 Å². The Hall–Kier alpha value is -3.69. The molecule has 1 fully saturated rings. The summed E-state index contributed by atoms with van der Waals surface area (Å²) in [6, 6.07) is 7.79. The van der Waals surface area contributed by atoms with Gasteiger partial charge in [-0.3, -0.25) is 9.59 Å². The fourth-order valence-corrected chi connectivity index (χ4v) is 4.49. The summed E-state index contributed by atoms with van der Waals surface area (Å²) < 4.78 is 37.3. The van der Waals surface area contributed by atoms with Crippen LogP contribution < -0.4 is 25.8 Å². The summed E-state index contributed by atoms with van der Waals surface area (Å²) in [5.41, 5.74) is 7.20. The van der Waals surface area contributed by atoms with Gasteiger partial charge in [-0.15, -0.1) is 0 Å². The zero-order valence-corrected chi connectivity index (χ0v) is 21.2. The Morgan fingerprint density at radius 3 is 2.22 bits per heavy atom. The van der Waals surface area contributed by atoms with Crippen molar-refractivity contribution in [1.82, 2.24) is 10.6 Å². The summed E-state index contributed by atoms with van der Waals surface area (Å²) in [4.78, 5) is 29.5. The topological polar surface area (TPSA) is 115 Å². The van der Waals surface area contributed by atoms with E-state index < -0.39 is 23.6 Å². The van der Waals surface area contributed by atoms with Crippen LogP contribution in [0.15, 0.2) is 41.4 Å². The molecule has 1 atom stereocenters. The summed E-state index contributed by atoms with van der Waals surface area (Å²) in [6.07, 6.45) is 5.86. The number of carbonyl (C=O) groups excluding carboxylic acids is 2. The molecule has 0 aromatic heterocycles. The maximum Gasteiger partial charge on any atom is 0.253 e. The van der Waals surface area contributed by atoms with Crippen LogP contribution in [0.2, 0.25) is 0 Å². The summed E-state index contributed by atoms with van der Waals surface area (Å²) in [7, 11) is 2.72. The second-order valence-electron chi connectivity index (χ2n) is 9.16. The van der Waals surface area contributed by atoms with Gasteiger partial charge in [0.15, 0.2) is 29.1 Å². The number of methoxy groups -OCH3 is 2. The Balaban J connectivity index is 1.66. The van der Waals surface area contributed by atoms with E-state index in [1.54, 1.807) is 6.07 Å². The van der Waals surface area contributed by atoms with Crippen molar-refractivity contribution in [3.8, 4) is 11.5 Å². The first-order valence-corrected chi connectivity index (χ1v) is 12.3. The Bertz CT molecular complexity index is 1120. The molecule has 2 aromatic carbocycles. The fraction of sp³-hybridized carbons (Fsp3) is 0.444. The van der Waals surface area contributed by atoms with Gasteiger partial charge >= 0.3 is 0 Å². The predicted molar refractivity (Wildman–Crippen MR) is 136 cm³/mol. The Morgan fingerprint density at radius 1 is 1.00 bits per heavy atom. The van der Waals surface area contributed by atoms with Gasteiger partial charge < -0.3 is 25.8 Å². The van der Waals surface area contributed by atoms with Gasteiger partial charge in [0.2, 0.25) is 5.91 Å². The number of carbonyl (C=O) groups is 2. The third-order valence-corrected chi connectivity index (χ3v) is 6.43. The number of guanidine groups is 1. The summed E-state index contributed by atoms with van der Waals surface area (Å²) in [5.74, 6) is -1.56. The first-order valence-electron chi connectivity index (χ1n) is 12.3. The quantitative estimate of drug-likeness (QED) is 0.328. The molecule has 10 heteroatoms. The lowest BCUT2D eigenvalue weighted by molar-refractivity contribution is -0.123. The highest BCUT2D eigenvalue weighted by Gasteiger charge is 2.25. The molecule has 1 aliphatic carbocycles. The van der Waals surface area contributed by atoms with Crippen LogP contribution in [0, 0.1) is 17.6 Å². The molecule has 8 nitrogen and oxygen atoms in total. The molecular formula is C27H34F2N4O4. The lowest BCUT2D eigenvalue weighted by Gasteiger charge is -2.27. The van der Waals surface area contributed by atoms with E-state index in [-0.39, 0.29) is 36.3 Å². The van der Waals surface area contributed by atoms with Gasteiger partial charge in [0.1, 0.15) is 6.04 Å². The van der Waals surface area contributed by atoms with Crippen molar-refractivity contribution >= 4 is 17.8 Å². The molecule has 0 heterocycles. The lowest BCUT2D eigenvalue weighted by Crippen LogP contribution is -2.50. The van der Waals surface area contributed by atoms with Gasteiger partial charge in [0.05, 0.1) is 20.6 Å². The second kappa shape index (κ2) is 13.6. The summed E-state index contributed by atoms with van der Waals surface area (Å²) >= 11 is 0. The molecule has 1 aliphatic rings. The number of amides is 2. The van der Waals surface area contributed by atoms with Gasteiger partial charge in [0, 0.05) is 6.54 Å². The van der Waals surface area contributed by atoms with Crippen LogP contribution in [0.5, 0.6) is 11.5 Å². The molecule has 2 aromatic rings. The number of ether oxygens (including phenoxy) is 2. The standard InChI is InChI=1S/C27H34F2N4O4/c1-36-23-13-18(8-10-20(23)28)15-25(34)33-27(30)32-22(12-17-6-4-3-5-7-17)26(35)31-16-19-9-11-21(29)24(14-19)37-2/h8-11,13-14,17,22H,3-7,12,15-16H2,1-2H3,(H,31,35)(H3,30,32,33,34). The maximum atomic E-state index is 13.7. The number of nitrogens with one attached hydrogen (secondary N) is 2. The number of nitrogens with two attached hydrogens (primary N) is 1. The number of rotatable bonds is 10. The Kier molecular flexibility index (Phi) is 10.2. The molecule has 0 saturated heterocycles. The van der Waals surface area contributed by atoms with E-state index in [0.29, 0.717) is 23.5 Å². The number of hydrogen-bond donors (Lipinski definition) is 3. The molecule has 0 spiro atoms. The molecule has 2 amide bonds.